The zero-order valence-electron chi connectivity index (χ0n) is 10.2. The highest BCUT2D eigenvalue weighted by molar-refractivity contribution is 5.91. The quantitative estimate of drug-likeness (QED) is 0.593. The molecular weight excluding hydrogens is 210 g/mol. The Labute approximate surface area is 95.9 Å². The maximum atomic E-state index is 11.4. The number of nitrogens with one attached hydrogen (secondary N) is 1. The fraction of sp³-hybridized carbons (Fsp3) is 0.818. The van der Waals surface area contributed by atoms with Gasteiger partial charge < -0.3 is 15.5 Å². The summed E-state index contributed by atoms with van der Waals surface area (Å²) in [6, 6.07) is -0.144. The predicted octanol–water partition coefficient (Wildman–Crippen LogP) is -0.152. The number of carbonyl (C=O) groups is 2. The monoisotopic (exact) mass is 231 g/mol. The van der Waals surface area contributed by atoms with Gasteiger partial charge in [-0.25, -0.2) is 0 Å². The summed E-state index contributed by atoms with van der Waals surface area (Å²) >= 11 is 0. The zero-order chi connectivity index (χ0) is 12.9. The summed E-state index contributed by atoms with van der Waals surface area (Å²) < 4.78 is 0. The molecule has 0 heterocycles. The van der Waals surface area contributed by atoms with Crippen molar-refractivity contribution in [3.63, 3.8) is 0 Å². The fourth-order valence-electron chi connectivity index (χ4n) is 1.21. The molecule has 0 saturated carbocycles. The molecule has 1 amide bonds. The molecule has 0 bridgehead atoms. The molecule has 0 aliphatic rings. The minimum Gasteiger partial charge on any atom is -0.382 e. The molecule has 94 valence electrons. The van der Waals surface area contributed by atoms with E-state index in [4.69, 9.17) is 0 Å². The van der Waals surface area contributed by atoms with Crippen LogP contribution in [0.25, 0.3) is 0 Å². The van der Waals surface area contributed by atoms with Crippen LogP contribution in [-0.4, -0.2) is 40.2 Å². The van der Waals surface area contributed by atoms with Gasteiger partial charge in [0.05, 0.1) is 0 Å². The van der Waals surface area contributed by atoms with Crippen molar-refractivity contribution in [2.75, 3.05) is 0 Å². The smallest absolute Gasteiger partial charge is 0.252 e. The first-order valence-electron chi connectivity index (χ1n) is 5.45. The Morgan fingerprint density at radius 1 is 1.06 bits per heavy atom. The second-order valence-corrected chi connectivity index (χ2v) is 4.62. The van der Waals surface area contributed by atoms with Gasteiger partial charge in [-0.3, -0.25) is 9.59 Å². The first-order chi connectivity index (χ1) is 7.25. The number of hydrogen-bond acceptors (Lipinski definition) is 4. The molecule has 0 aromatic rings. The van der Waals surface area contributed by atoms with Crippen molar-refractivity contribution >= 4 is 11.7 Å². The van der Waals surface area contributed by atoms with Crippen LogP contribution in [0.15, 0.2) is 0 Å². The average Bonchev–Trinajstić information content (AvgIpc) is 2.13. The van der Waals surface area contributed by atoms with E-state index in [9.17, 15) is 19.8 Å². The number of rotatable bonds is 6. The second-order valence-electron chi connectivity index (χ2n) is 4.62. The van der Waals surface area contributed by atoms with Gasteiger partial charge in [0.15, 0.2) is 11.9 Å². The molecule has 5 nitrogen and oxygen atoms in total. The fourth-order valence-corrected chi connectivity index (χ4v) is 1.21. The molecule has 5 heteroatoms. The first kappa shape index (κ1) is 15.1. The number of carbonyl (C=O) groups excluding carboxylic acids is 2. The van der Waals surface area contributed by atoms with Crippen molar-refractivity contribution in [3.8, 4) is 0 Å². The van der Waals surface area contributed by atoms with Gasteiger partial charge in [-0.05, 0) is 19.8 Å². The van der Waals surface area contributed by atoms with E-state index in [0.29, 0.717) is 0 Å². The highest BCUT2D eigenvalue weighted by Gasteiger charge is 2.30. The lowest BCUT2D eigenvalue weighted by molar-refractivity contribution is -0.145. The Morgan fingerprint density at radius 3 is 1.94 bits per heavy atom. The summed E-state index contributed by atoms with van der Waals surface area (Å²) in [6.45, 7) is 7.11. The van der Waals surface area contributed by atoms with Crippen LogP contribution in [0.3, 0.4) is 0 Å². The van der Waals surface area contributed by atoms with Crippen molar-refractivity contribution < 1.29 is 19.8 Å². The highest BCUT2D eigenvalue weighted by Crippen LogP contribution is 2.06. The Kier molecular flexibility index (Phi) is 6.21. The minimum absolute atomic E-state index is 0.0857. The molecule has 0 spiro atoms. The van der Waals surface area contributed by atoms with Crippen LogP contribution in [0, 0.1) is 5.92 Å². The Morgan fingerprint density at radius 2 is 1.56 bits per heavy atom. The van der Waals surface area contributed by atoms with Gasteiger partial charge in [0.1, 0.15) is 6.10 Å². The molecule has 0 aromatic heterocycles. The Hall–Kier alpha value is -0.940. The van der Waals surface area contributed by atoms with E-state index in [-0.39, 0.29) is 18.4 Å². The van der Waals surface area contributed by atoms with Gasteiger partial charge in [-0.1, -0.05) is 13.8 Å². The number of Topliss-reactive ketones (excluding diaryl/α,β-unsaturated/α-hetero) is 1. The van der Waals surface area contributed by atoms with Crippen molar-refractivity contribution in [2.45, 2.75) is 52.4 Å². The minimum atomic E-state index is -1.69. The normalized spacial score (nSPS) is 15.0. The summed E-state index contributed by atoms with van der Waals surface area (Å²) in [7, 11) is 0. The molecule has 2 atom stereocenters. The molecule has 0 unspecified atom stereocenters. The van der Waals surface area contributed by atoms with Crippen LogP contribution in [0.5, 0.6) is 0 Å². The number of aliphatic hydroxyl groups excluding tert-OH is 2. The van der Waals surface area contributed by atoms with Gasteiger partial charge in [0.2, 0.25) is 0 Å². The van der Waals surface area contributed by atoms with Crippen molar-refractivity contribution in [2.24, 2.45) is 5.92 Å². The lowest BCUT2D eigenvalue weighted by atomic mass is 10.00. The molecule has 0 fully saturated rings. The van der Waals surface area contributed by atoms with Gasteiger partial charge in [-0.15, -0.1) is 0 Å². The van der Waals surface area contributed by atoms with E-state index in [1.165, 1.54) is 0 Å². The Bertz CT molecular complexity index is 224. The SMILES string of the molecule is CC(C)CC(=O)[C@H](O)[C@@H](O)C(=O)NC(C)C. The van der Waals surface area contributed by atoms with Crippen LogP contribution in [0.2, 0.25) is 0 Å². The lowest BCUT2D eigenvalue weighted by Gasteiger charge is -2.18. The molecule has 0 aromatic carbocycles. The van der Waals surface area contributed by atoms with Crippen LogP contribution in [0.1, 0.15) is 34.1 Å². The summed E-state index contributed by atoms with van der Waals surface area (Å²) in [5, 5.41) is 21.3. The number of aliphatic hydroxyl groups is 2. The molecule has 3 N–H and O–H groups in total. The Balaban J connectivity index is 4.31. The molecular formula is C11H21NO4. The number of ketones is 1. The van der Waals surface area contributed by atoms with Crippen LogP contribution in [0.4, 0.5) is 0 Å². The summed E-state index contributed by atoms with van der Waals surface area (Å²) in [4.78, 5) is 22.7. The first-order valence-corrected chi connectivity index (χ1v) is 5.45. The maximum absolute atomic E-state index is 11.4. The third kappa shape index (κ3) is 5.23. The second kappa shape index (κ2) is 6.60. The number of hydrogen-bond donors (Lipinski definition) is 3. The molecule has 0 aliphatic carbocycles. The number of amides is 1. The largest absolute Gasteiger partial charge is 0.382 e. The highest BCUT2D eigenvalue weighted by atomic mass is 16.3. The van der Waals surface area contributed by atoms with Crippen LogP contribution in [-0.2, 0) is 9.59 Å². The van der Waals surface area contributed by atoms with Crippen molar-refractivity contribution in [1.29, 1.82) is 0 Å². The molecule has 0 aliphatic heterocycles. The van der Waals surface area contributed by atoms with E-state index in [1.807, 2.05) is 13.8 Å². The zero-order valence-corrected chi connectivity index (χ0v) is 10.2. The topological polar surface area (TPSA) is 86.6 Å². The van der Waals surface area contributed by atoms with Crippen molar-refractivity contribution in [1.82, 2.24) is 5.32 Å². The maximum Gasteiger partial charge on any atom is 0.252 e. The summed E-state index contributed by atoms with van der Waals surface area (Å²) in [6.07, 6.45) is -3.18. The van der Waals surface area contributed by atoms with Gasteiger partial charge in [0.25, 0.3) is 5.91 Å². The summed E-state index contributed by atoms with van der Waals surface area (Å²) in [5.41, 5.74) is 0. The van der Waals surface area contributed by atoms with Gasteiger partial charge >= 0.3 is 0 Å². The molecule has 0 radical (unpaired) electrons. The third-order valence-corrected chi connectivity index (χ3v) is 1.94. The lowest BCUT2D eigenvalue weighted by Crippen LogP contribution is -2.47. The molecule has 0 saturated heterocycles. The van der Waals surface area contributed by atoms with E-state index in [0.717, 1.165) is 0 Å². The van der Waals surface area contributed by atoms with Gasteiger partial charge in [0, 0.05) is 12.5 Å². The predicted molar refractivity (Wildman–Crippen MR) is 59.8 cm³/mol. The average molecular weight is 231 g/mol. The third-order valence-electron chi connectivity index (χ3n) is 1.94. The van der Waals surface area contributed by atoms with E-state index < -0.39 is 23.9 Å². The van der Waals surface area contributed by atoms with Gasteiger partial charge in [-0.2, -0.15) is 0 Å². The van der Waals surface area contributed by atoms with E-state index >= 15 is 0 Å². The van der Waals surface area contributed by atoms with E-state index in [2.05, 4.69) is 5.32 Å². The van der Waals surface area contributed by atoms with Crippen molar-refractivity contribution in [3.05, 3.63) is 0 Å². The molecule has 0 rings (SSSR count). The summed E-state index contributed by atoms with van der Waals surface area (Å²) in [5.74, 6) is -1.15. The van der Waals surface area contributed by atoms with E-state index in [1.54, 1.807) is 13.8 Å². The van der Waals surface area contributed by atoms with Crippen LogP contribution >= 0.6 is 0 Å². The van der Waals surface area contributed by atoms with Crippen LogP contribution < -0.4 is 5.32 Å². The molecule has 16 heavy (non-hydrogen) atoms. The standard InChI is InChI=1S/C11H21NO4/c1-6(2)5-8(13)9(14)10(15)11(16)12-7(3)4/h6-7,9-10,14-15H,5H2,1-4H3,(H,12,16)/t9-,10+/m0/s1.